The van der Waals surface area contributed by atoms with Crippen molar-refractivity contribution < 1.29 is 14.3 Å². The minimum absolute atomic E-state index is 0.0895. The van der Waals surface area contributed by atoms with Crippen LogP contribution in [0.25, 0.3) is 0 Å². The van der Waals surface area contributed by atoms with Crippen molar-refractivity contribution >= 4 is 81.3 Å². The van der Waals surface area contributed by atoms with Crippen LogP contribution in [0.4, 0.5) is 5.69 Å². The molecule has 0 aromatic heterocycles. The molecular weight excluding hydrogens is 492 g/mol. The van der Waals surface area contributed by atoms with Crippen molar-refractivity contribution in [2.75, 3.05) is 11.9 Å². The Morgan fingerprint density at radius 2 is 1.57 bits per heavy atom. The van der Waals surface area contributed by atoms with Gasteiger partial charge in [0.25, 0.3) is 5.91 Å². The number of esters is 1. The van der Waals surface area contributed by atoms with Gasteiger partial charge in [-0.2, -0.15) is 0 Å². The van der Waals surface area contributed by atoms with Gasteiger partial charge in [-0.1, -0.05) is 46.4 Å². The molecule has 2 rings (SSSR count). The number of rotatable bonds is 6. The lowest BCUT2D eigenvalue weighted by Gasteiger charge is -2.27. The molecule has 1 amide bonds. The number of benzene rings is 2. The van der Waals surface area contributed by atoms with Gasteiger partial charge in [-0.3, -0.25) is 4.79 Å². The second kappa shape index (κ2) is 11.0. The minimum atomic E-state index is -1.90. The third-order valence-corrected chi connectivity index (χ3v) is 4.77. The van der Waals surface area contributed by atoms with Crippen molar-refractivity contribution in [2.24, 2.45) is 0 Å². The van der Waals surface area contributed by atoms with Gasteiger partial charge in [-0.05, 0) is 67.7 Å². The minimum Gasteiger partial charge on any atom is -0.462 e. The van der Waals surface area contributed by atoms with Crippen molar-refractivity contribution in [2.45, 2.75) is 16.9 Å². The number of carbonyl (C=O) groups excluding carboxylic acids is 2. The van der Waals surface area contributed by atoms with Crippen molar-refractivity contribution in [3.8, 4) is 0 Å². The molecule has 0 bridgehead atoms. The zero-order valence-electron chi connectivity index (χ0n) is 15.5. The maximum Gasteiger partial charge on any atom is 0.338 e. The van der Waals surface area contributed by atoms with Crippen LogP contribution in [0.2, 0.25) is 5.02 Å². The molecule has 2 aromatic carbocycles. The van der Waals surface area contributed by atoms with E-state index in [1.54, 1.807) is 43.3 Å². The molecule has 30 heavy (non-hydrogen) atoms. The molecule has 0 saturated heterocycles. The van der Waals surface area contributed by atoms with Gasteiger partial charge >= 0.3 is 5.97 Å². The van der Waals surface area contributed by atoms with Crippen LogP contribution in [0, 0.1) is 0 Å². The highest BCUT2D eigenvalue weighted by atomic mass is 35.6. The van der Waals surface area contributed by atoms with Crippen LogP contribution in [0.3, 0.4) is 0 Å². The van der Waals surface area contributed by atoms with Crippen LogP contribution in [0.5, 0.6) is 0 Å². The van der Waals surface area contributed by atoms with Crippen LogP contribution < -0.4 is 16.0 Å². The number of ether oxygens (including phenoxy) is 1. The van der Waals surface area contributed by atoms with E-state index in [-0.39, 0.29) is 11.7 Å². The number of anilines is 1. The summed E-state index contributed by atoms with van der Waals surface area (Å²) in [4.78, 5) is 24.1. The molecule has 1 atom stereocenters. The van der Waals surface area contributed by atoms with Gasteiger partial charge in [-0.15, -0.1) is 0 Å². The quantitative estimate of drug-likeness (QED) is 0.222. The van der Waals surface area contributed by atoms with Gasteiger partial charge in [0.15, 0.2) is 5.11 Å². The summed E-state index contributed by atoms with van der Waals surface area (Å²) in [6.07, 6.45) is -1.13. The Bertz CT molecular complexity index is 903. The van der Waals surface area contributed by atoms with Gasteiger partial charge in [0.2, 0.25) is 3.79 Å². The number of amides is 1. The second-order valence-electron chi connectivity index (χ2n) is 5.85. The Balaban J connectivity index is 2.02. The Hall–Kier alpha value is -1.77. The molecule has 6 nitrogen and oxygen atoms in total. The average Bonchev–Trinajstić information content (AvgIpc) is 2.68. The van der Waals surface area contributed by atoms with Gasteiger partial charge in [-0.25, -0.2) is 4.79 Å². The molecule has 1 unspecified atom stereocenters. The molecule has 0 heterocycles. The molecule has 0 aliphatic rings. The SMILES string of the molecule is CCOC(=O)c1ccc(NC(=S)NC(NC(=O)c2ccc(Cl)cc2)C(Cl)(Cl)Cl)cc1. The third-order valence-electron chi connectivity index (χ3n) is 3.64. The normalized spacial score (nSPS) is 11.9. The highest BCUT2D eigenvalue weighted by molar-refractivity contribution is 7.80. The molecule has 0 aliphatic carbocycles. The number of nitrogens with one attached hydrogen (secondary N) is 3. The van der Waals surface area contributed by atoms with Crippen LogP contribution in [-0.4, -0.2) is 33.6 Å². The molecule has 0 fully saturated rings. The van der Waals surface area contributed by atoms with E-state index in [2.05, 4.69) is 16.0 Å². The largest absolute Gasteiger partial charge is 0.462 e. The van der Waals surface area contributed by atoms with E-state index in [4.69, 9.17) is 63.4 Å². The van der Waals surface area contributed by atoms with Crippen molar-refractivity contribution in [1.82, 2.24) is 10.6 Å². The summed E-state index contributed by atoms with van der Waals surface area (Å²) in [5.74, 6) is -0.914. The summed E-state index contributed by atoms with van der Waals surface area (Å²) >= 11 is 29.0. The summed E-state index contributed by atoms with van der Waals surface area (Å²) in [7, 11) is 0. The number of thiocarbonyl (C=S) groups is 1. The smallest absolute Gasteiger partial charge is 0.338 e. The lowest BCUT2D eigenvalue weighted by atomic mass is 10.2. The lowest BCUT2D eigenvalue weighted by molar-refractivity contribution is 0.0526. The van der Waals surface area contributed by atoms with Crippen LogP contribution in [-0.2, 0) is 4.74 Å². The summed E-state index contributed by atoms with van der Waals surface area (Å²) in [6, 6.07) is 12.6. The van der Waals surface area contributed by atoms with E-state index < -0.39 is 21.8 Å². The molecule has 0 spiro atoms. The van der Waals surface area contributed by atoms with Crippen molar-refractivity contribution in [1.29, 1.82) is 0 Å². The fourth-order valence-corrected chi connectivity index (χ4v) is 2.91. The number of hydrogen-bond acceptors (Lipinski definition) is 4. The maximum atomic E-state index is 12.4. The van der Waals surface area contributed by atoms with E-state index in [0.717, 1.165) is 0 Å². The highest BCUT2D eigenvalue weighted by Crippen LogP contribution is 2.29. The second-order valence-corrected chi connectivity index (χ2v) is 9.06. The van der Waals surface area contributed by atoms with E-state index in [9.17, 15) is 9.59 Å². The molecular formula is C19H17Cl4N3O3S. The maximum absolute atomic E-state index is 12.4. The number of alkyl halides is 3. The summed E-state index contributed by atoms with van der Waals surface area (Å²) < 4.78 is 3.03. The van der Waals surface area contributed by atoms with E-state index in [1.165, 1.54) is 12.1 Å². The summed E-state index contributed by atoms with van der Waals surface area (Å²) in [5.41, 5.74) is 1.30. The lowest BCUT2D eigenvalue weighted by Crippen LogP contribution is -2.56. The summed E-state index contributed by atoms with van der Waals surface area (Å²) in [6.45, 7) is 2.01. The number of halogens is 4. The van der Waals surface area contributed by atoms with Crippen LogP contribution in [0.15, 0.2) is 48.5 Å². The molecule has 3 N–H and O–H groups in total. The van der Waals surface area contributed by atoms with Crippen molar-refractivity contribution in [3.05, 3.63) is 64.7 Å². The van der Waals surface area contributed by atoms with Crippen molar-refractivity contribution in [3.63, 3.8) is 0 Å². The zero-order chi connectivity index (χ0) is 22.3. The number of carbonyl (C=O) groups is 2. The van der Waals surface area contributed by atoms with Gasteiger partial charge < -0.3 is 20.7 Å². The first-order valence-corrected chi connectivity index (χ1v) is 10.5. The monoisotopic (exact) mass is 507 g/mol. The van der Waals surface area contributed by atoms with Crippen LogP contribution >= 0.6 is 58.6 Å². The van der Waals surface area contributed by atoms with E-state index in [0.29, 0.717) is 21.8 Å². The highest BCUT2D eigenvalue weighted by Gasteiger charge is 2.34. The Morgan fingerprint density at radius 3 is 2.10 bits per heavy atom. The summed E-state index contributed by atoms with van der Waals surface area (Å²) in [5, 5.41) is 8.78. The molecule has 2 aromatic rings. The molecule has 0 aliphatic heterocycles. The first-order valence-electron chi connectivity index (χ1n) is 8.58. The Morgan fingerprint density at radius 1 is 1.00 bits per heavy atom. The molecule has 11 heteroatoms. The zero-order valence-corrected chi connectivity index (χ0v) is 19.4. The van der Waals surface area contributed by atoms with E-state index in [1.807, 2.05) is 0 Å². The van der Waals surface area contributed by atoms with Gasteiger partial charge in [0.1, 0.15) is 6.17 Å². The standard InChI is InChI=1S/C19H17Cl4N3O3S/c1-2-29-16(28)12-5-9-14(10-6-12)24-18(30)26-17(19(21,22)23)25-15(27)11-3-7-13(20)8-4-11/h3-10,17H,2H2,1H3,(H,25,27)(H2,24,26,30). The topological polar surface area (TPSA) is 79.5 Å². The molecule has 160 valence electrons. The third kappa shape index (κ3) is 7.49. The number of hydrogen-bond donors (Lipinski definition) is 3. The Kier molecular flexibility index (Phi) is 9.00. The van der Waals surface area contributed by atoms with Gasteiger partial charge in [0, 0.05) is 16.3 Å². The van der Waals surface area contributed by atoms with E-state index >= 15 is 0 Å². The van der Waals surface area contributed by atoms with Gasteiger partial charge in [0.05, 0.1) is 12.2 Å². The predicted molar refractivity (Wildman–Crippen MR) is 125 cm³/mol. The average molecular weight is 509 g/mol. The fraction of sp³-hybridized carbons (Fsp3) is 0.211. The van der Waals surface area contributed by atoms with Crippen LogP contribution in [0.1, 0.15) is 27.6 Å². The first-order chi connectivity index (χ1) is 14.1. The Labute approximate surface area is 199 Å². The molecule has 0 saturated carbocycles. The first kappa shape index (κ1) is 24.5. The fourth-order valence-electron chi connectivity index (χ4n) is 2.22. The molecule has 0 radical (unpaired) electrons. The predicted octanol–water partition coefficient (Wildman–Crippen LogP) is 4.93.